The number of rotatable bonds is 2. The predicted molar refractivity (Wildman–Crippen MR) is 166 cm³/mol. The molecule has 0 amide bonds. The SMILES string of the molecule is c1ccc2c(c1)-c1ccccc1C2c1ccc2sc3ccc(-n4c5ccccc5c5ccccc54)cc3c2c1. The van der Waals surface area contributed by atoms with E-state index in [-0.39, 0.29) is 5.92 Å². The van der Waals surface area contributed by atoms with E-state index in [0.29, 0.717) is 0 Å². The number of fused-ring (bicyclic) bond motifs is 9. The maximum atomic E-state index is 2.45. The van der Waals surface area contributed by atoms with Gasteiger partial charge in [0.2, 0.25) is 0 Å². The first kappa shape index (κ1) is 21.3. The molecule has 39 heavy (non-hydrogen) atoms. The molecule has 0 unspecified atom stereocenters. The lowest BCUT2D eigenvalue weighted by Crippen LogP contribution is -1.98. The van der Waals surface area contributed by atoms with E-state index in [4.69, 9.17) is 0 Å². The van der Waals surface area contributed by atoms with Crippen LogP contribution in [0.3, 0.4) is 0 Å². The first-order chi connectivity index (χ1) is 19.3. The molecule has 1 nitrogen and oxygen atoms in total. The van der Waals surface area contributed by atoms with Gasteiger partial charge in [-0.25, -0.2) is 0 Å². The molecule has 0 aliphatic heterocycles. The van der Waals surface area contributed by atoms with Gasteiger partial charge in [-0.1, -0.05) is 91.0 Å². The fourth-order valence-corrected chi connectivity index (χ4v) is 7.88. The molecule has 1 aliphatic rings. The normalized spacial score (nSPS) is 13.0. The first-order valence-corrected chi connectivity index (χ1v) is 14.3. The molecule has 6 aromatic carbocycles. The van der Waals surface area contributed by atoms with Crippen LogP contribution in [0.1, 0.15) is 22.6 Å². The van der Waals surface area contributed by atoms with Crippen molar-refractivity contribution in [1.29, 1.82) is 0 Å². The van der Waals surface area contributed by atoms with Crippen LogP contribution in [0.4, 0.5) is 0 Å². The van der Waals surface area contributed by atoms with Crippen LogP contribution in [0.5, 0.6) is 0 Å². The Balaban J connectivity index is 1.28. The van der Waals surface area contributed by atoms with Crippen molar-refractivity contribution < 1.29 is 0 Å². The Morgan fingerprint density at radius 1 is 0.462 bits per heavy atom. The molecular weight excluding hydrogens is 490 g/mol. The summed E-state index contributed by atoms with van der Waals surface area (Å²) in [6.45, 7) is 0. The van der Waals surface area contributed by atoms with Crippen LogP contribution < -0.4 is 0 Å². The van der Waals surface area contributed by atoms with Crippen LogP contribution in [0, 0.1) is 0 Å². The highest BCUT2D eigenvalue weighted by Gasteiger charge is 2.29. The third kappa shape index (κ3) is 2.95. The number of aromatic nitrogens is 1. The molecule has 0 saturated carbocycles. The molecule has 2 heteroatoms. The van der Waals surface area contributed by atoms with Crippen LogP contribution in [0.25, 0.3) is 58.8 Å². The second kappa shape index (κ2) is 7.92. The van der Waals surface area contributed by atoms with Crippen LogP contribution in [-0.4, -0.2) is 4.57 Å². The molecule has 2 heterocycles. The fraction of sp³-hybridized carbons (Fsp3) is 0.0270. The van der Waals surface area contributed by atoms with Crippen LogP contribution in [0.2, 0.25) is 0 Å². The topological polar surface area (TPSA) is 4.93 Å². The summed E-state index contributed by atoms with van der Waals surface area (Å²) in [4.78, 5) is 0. The number of hydrogen-bond acceptors (Lipinski definition) is 1. The van der Waals surface area contributed by atoms with Crippen molar-refractivity contribution in [3.8, 4) is 16.8 Å². The van der Waals surface area contributed by atoms with Gasteiger partial charge in [-0.3, -0.25) is 0 Å². The van der Waals surface area contributed by atoms with Crippen molar-refractivity contribution in [2.75, 3.05) is 0 Å². The zero-order valence-corrected chi connectivity index (χ0v) is 22.0. The molecule has 0 N–H and O–H groups in total. The van der Waals surface area contributed by atoms with Crippen LogP contribution in [0.15, 0.2) is 133 Å². The minimum Gasteiger partial charge on any atom is -0.309 e. The van der Waals surface area contributed by atoms with Gasteiger partial charge >= 0.3 is 0 Å². The van der Waals surface area contributed by atoms with Crippen molar-refractivity contribution in [1.82, 2.24) is 4.57 Å². The van der Waals surface area contributed by atoms with E-state index in [1.54, 1.807) is 0 Å². The molecular formula is C37H23NS. The lowest BCUT2D eigenvalue weighted by Gasteiger charge is -2.14. The third-order valence-electron chi connectivity index (χ3n) is 8.48. The van der Waals surface area contributed by atoms with Gasteiger partial charge in [0.1, 0.15) is 0 Å². The van der Waals surface area contributed by atoms with E-state index in [9.17, 15) is 0 Å². The molecule has 0 atom stereocenters. The van der Waals surface area contributed by atoms with Crippen LogP contribution >= 0.6 is 11.3 Å². The zero-order chi connectivity index (χ0) is 25.5. The van der Waals surface area contributed by atoms with E-state index < -0.39 is 0 Å². The van der Waals surface area contributed by atoms with E-state index in [0.717, 1.165) is 0 Å². The summed E-state index contributed by atoms with van der Waals surface area (Å²) in [5.41, 5.74) is 10.6. The maximum absolute atomic E-state index is 2.45. The van der Waals surface area contributed by atoms with Crippen LogP contribution in [-0.2, 0) is 0 Å². The average Bonchev–Trinajstić information content (AvgIpc) is 3.64. The Kier molecular flexibility index (Phi) is 4.33. The first-order valence-electron chi connectivity index (χ1n) is 13.5. The summed E-state index contributed by atoms with van der Waals surface area (Å²) in [7, 11) is 0. The van der Waals surface area contributed by atoms with Crippen molar-refractivity contribution >= 4 is 53.3 Å². The van der Waals surface area contributed by atoms with Gasteiger partial charge in [0.05, 0.1) is 11.0 Å². The number of hydrogen-bond donors (Lipinski definition) is 0. The fourth-order valence-electron chi connectivity index (χ4n) is 6.82. The molecule has 0 fully saturated rings. The van der Waals surface area contributed by atoms with Crippen molar-refractivity contribution in [2.45, 2.75) is 5.92 Å². The standard InChI is InChI=1S/C37H23NS/c1-3-13-29-25(9-1)26-10-2-4-14-30(26)37(29)23-17-19-35-31(21-23)32-22-24(18-20-36(32)39-35)38-33-15-7-5-11-27(33)28-12-6-8-16-34(28)38/h1-22,37H. The number of thiophene rings is 1. The molecule has 2 aromatic heterocycles. The van der Waals surface area contributed by atoms with E-state index in [2.05, 4.69) is 138 Å². The molecule has 1 aliphatic carbocycles. The van der Waals surface area contributed by atoms with Gasteiger partial charge in [-0.15, -0.1) is 11.3 Å². The molecule has 0 spiro atoms. The Bertz CT molecular complexity index is 2150. The Labute approximate surface area is 230 Å². The second-order valence-electron chi connectivity index (χ2n) is 10.5. The molecule has 182 valence electrons. The monoisotopic (exact) mass is 513 g/mol. The number of para-hydroxylation sites is 2. The third-order valence-corrected chi connectivity index (χ3v) is 9.63. The molecule has 0 saturated heterocycles. The summed E-state index contributed by atoms with van der Waals surface area (Å²) in [6.07, 6.45) is 0. The Morgan fingerprint density at radius 2 is 1.00 bits per heavy atom. The number of benzene rings is 6. The molecule has 0 radical (unpaired) electrons. The largest absolute Gasteiger partial charge is 0.309 e. The quantitative estimate of drug-likeness (QED) is 0.217. The summed E-state index contributed by atoms with van der Waals surface area (Å²) < 4.78 is 5.09. The Morgan fingerprint density at radius 3 is 1.67 bits per heavy atom. The van der Waals surface area contributed by atoms with Gasteiger partial charge in [-0.2, -0.15) is 0 Å². The maximum Gasteiger partial charge on any atom is 0.0541 e. The zero-order valence-electron chi connectivity index (χ0n) is 21.1. The minimum absolute atomic E-state index is 0.261. The van der Waals surface area contributed by atoms with Gasteiger partial charge in [0.15, 0.2) is 0 Å². The lowest BCUT2D eigenvalue weighted by atomic mass is 9.88. The van der Waals surface area contributed by atoms with Crippen molar-refractivity contribution in [3.05, 3.63) is 150 Å². The van der Waals surface area contributed by atoms with Crippen molar-refractivity contribution in [2.24, 2.45) is 0 Å². The van der Waals surface area contributed by atoms with E-state index in [1.165, 1.54) is 75.5 Å². The number of nitrogens with zero attached hydrogens (tertiary/aromatic N) is 1. The highest BCUT2D eigenvalue weighted by Crippen LogP contribution is 2.49. The Hall–Kier alpha value is -4.66. The summed E-state index contributed by atoms with van der Waals surface area (Å²) in [5.74, 6) is 0.261. The lowest BCUT2D eigenvalue weighted by molar-refractivity contribution is 1.02. The molecule has 8 aromatic rings. The second-order valence-corrected chi connectivity index (χ2v) is 11.6. The predicted octanol–water partition coefficient (Wildman–Crippen LogP) is 10.3. The summed E-state index contributed by atoms with van der Waals surface area (Å²) >= 11 is 1.89. The summed E-state index contributed by atoms with van der Waals surface area (Å²) in [5, 5.41) is 5.27. The van der Waals surface area contributed by atoms with E-state index in [1.807, 2.05) is 11.3 Å². The average molecular weight is 514 g/mol. The van der Waals surface area contributed by atoms with Gasteiger partial charge in [0, 0.05) is 42.6 Å². The molecule has 9 rings (SSSR count). The van der Waals surface area contributed by atoms with E-state index >= 15 is 0 Å². The smallest absolute Gasteiger partial charge is 0.0541 e. The highest BCUT2D eigenvalue weighted by molar-refractivity contribution is 7.25. The summed E-state index contributed by atoms with van der Waals surface area (Å²) in [6, 6.07) is 49.4. The molecule has 0 bridgehead atoms. The minimum atomic E-state index is 0.261. The highest BCUT2D eigenvalue weighted by atomic mass is 32.1. The van der Waals surface area contributed by atoms with Gasteiger partial charge in [0.25, 0.3) is 0 Å². The van der Waals surface area contributed by atoms with Crippen molar-refractivity contribution in [3.63, 3.8) is 0 Å². The van der Waals surface area contributed by atoms with Gasteiger partial charge < -0.3 is 4.57 Å². The van der Waals surface area contributed by atoms with Gasteiger partial charge in [-0.05, 0) is 70.3 Å².